The Labute approximate surface area is 130 Å². The van der Waals surface area contributed by atoms with E-state index in [2.05, 4.69) is 0 Å². The number of hydrogen-bond donors (Lipinski definition) is 1. The Hall–Kier alpha value is -1.92. The van der Waals surface area contributed by atoms with E-state index >= 15 is 0 Å². The van der Waals surface area contributed by atoms with Crippen molar-refractivity contribution in [3.8, 4) is 0 Å². The molecule has 1 aliphatic rings. The Morgan fingerprint density at radius 1 is 1.32 bits per heavy atom. The third kappa shape index (κ3) is 4.05. The average Bonchev–Trinajstić information content (AvgIpc) is 3.01. The maximum atomic E-state index is 11.7. The molecule has 0 aliphatic carbocycles. The van der Waals surface area contributed by atoms with Gasteiger partial charge in [0, 0.05) is 26.1 Å². The summed E-state index contributed by atoms with van der Waals surface area (Å²) in [6, 6.07) is 9.89. The second kappa shape index (κ2) is 7.91. The summed E-state index contributed by atoms with van der Waals surface area (Å²) in [5.41, 5.74) is 6.14. The minimum absolute atomic E-state index is 0.123. The van der Waals surface area contributed by atoms with Gasteiger partial charge in [0.05, 0.1) is 19.3 Å². The highest BCUT2D eigenvalue weighted by atomic mass is 16.5. The molecule has 2 atom stereocenters. The summed E-state index contributed by atoms with van der Waals surface area (Å²) in [4.78, 5) is 24.2. The van der Waals surface area contributed by atoms with Crippen LogP contribution >= 0.6 is 0 Å². The first-order chi connectivity index (χ1) is 10.6. The van der Waals surface area contributed by atoms with E-state index in [1.54, 1.807) is 7.11 Å². The smallest absolute Gasteiger partial charge is 0.311 e. The summed E-state index contributed by atoms with van der Waals surface area (Å²) in [5.74, 6) is -1.38. The number of ether oxygens (including phenoxy) is 2. The number of primary amides is 1. The van der Waals surface area contributed by atoms with Crippen LogP contribution < -0.4 is 5.73 Å². The maximum absolute atomic E-state index is 11.7. The number of likely N-dealkylation sites (tertiary alicyclic amines) is 1. The van der Waals surface area contributed by atoms with E-state index in [1.165, 1.54) is 4.90 Å². The first kappa shape index (κ1) is 16.5. The minimum Gasteiger partial charge on any atom is -0.382 e. The lowest BCUT2D eigenvalue weighted by molar-refractivity contribution is -0.143. The highest BCUT2D eigenvalue weighted by molar-refractivity contribution is 6.34. The molecule has 1 heterocycles. The molecule has 1 aliphatic heterocycles. The van der Waals surface area contributed by atoms with Gasteiger partial charge in [-0.15, -0.1) is 0 Å². The lowest BCUT2D eigenvalue weighted by Crippen LogP contribution is -2.39. The standard InChI is InChI=1S/C16H22N2O4/c1-21-9-10-22-14(12-5-3-2-4-6-12)13-7-8-18(11-13)16(20)15(17)19/h2-6,13-14H,7-11H2,1H3,(H2,17,19)/t13-,14+/m1/s1. The molecule has 0 radical (unpaired) electrons. The van der Waals surface area contributed by atoms with Crippen LogP contribution in [0.25, 0.3) is 0 Å². The van der Waals surface area contributed by atoms with Gasteiger partial charge in [-0.1, -0.05) is 30.3 Å². The van der Waals surface area contributed by atoms with Crippen molar-refractivity contribution in [2.75, 3.05) is 33.4 Å². The second-order valence-electron chi connectivity index (χ2n) is 5.36. The lowest BCUT2D eigenvalue weighted by Gasteiger charge is -2.24. The molecule has 2 N–H and O–H groups in total. The zero-order chi connectivity index (χ0) is 15.9. The van der Waals surface area contributed by atoms with Gasteiger partial charge in [-0.25, -0.2) is 0 Å². The summed E-state index contributed by atoms with van der Waals surface area (Å²) in [6.45, 7) is 2.01. The SMILES string of the molecule is COCCO[C@@H](c1ccccc1)[C@@H]1CCN(C(=O)C(N)=O)C1. The van der Waals surface area contributed by atoms with Crippen molar-refractivity contribution in [1.29, 1.82) is 0 Å². The van der Waals surface area contributed by atoms with E-state index in [4.69, 9.17) is 15.2 Å². The number of nitrogens with two attached hydrogens (primary N) is 1. The normalized spacial score (nSPS) is 19.1. The predicted molar refractivity (Wildman–Crippen MR) is 80.9 cm³/mol. The number of benzene rings is 1. The second-order valence-corrected chi connectivity index (χ2v) is 5.36. The Morgan fingerprint density at radius 2 is 2.05 bits per heavy atom. The molecule has 2 rings (SSSR count). The molecule has 6 heteroatoms. The number of methoxy groups -OCH3 is 1. The first-order valence-electron chi connectivity index (χ1n) is 7.37. The van der Waals surface area contributed by atoms with E-state index in [-0.39, 0.29) is 12.0 Å². The zero-order valence-electron chi connectivity index (χ0n) is 12.7. The molecule has 22 heavy (non-hydrogen) atoms. The third-order valence-electron chi connectivity index (χ3n) is 3.86. The van der Waals surface area contributed by atoms with Crippen molar-refractivity contribution in [3.05, 3.63) is 35.9 Å². The maximum Gasteiger partial charge on any atom is 0.311 e. The van der Waals surface area contributed by atoms with Gasteiger partial charge in [-0.3, -0.25) is 9.59 Å². The van der Waals surface area contributed by atoms with E-state index in [0.29, 0.717) is 26.3 Å². The Bertz CT molecular complexity index is 506. The van der Waals surface area contributed by atoms with Gasteiger partial charge in [0.1, 0.15) is 0 Å². The van der Waals surface area contributed by atoms with E-state index < -0.39 is 11.8 Å². The molecule has 2 amide bonds. The lowest BCUT2D eigenvalue weighted by atomic mass is 9.95. The van der Waals surface area contributed by atoms with Crippen LogP contribution in [0, 0.1) is 5.92 Å². The van der Waals surface area contributed by atoms with E-state index in [1.807, 2.05) is 30.3 Å². The van der Waals surface area contributed by atoms with Gasteiger partial charge in [0.2, 0.25) is 0 Å². The largest absolute Gasteiger partial charge is 0.382 e. The number of hydrogen-bond acceptors (Lipinski definition) is 4. The van der Waals surface area contributed by atoms with Crippen LogP contribution in [-0.2, 0) is 19.1 Å². The van der Waals surface area contributed by atoms with Gasteiger partial charge >= 0.3 is 11.8 Å². The molecule has 0 bridgehead atoms. The molecule has 0 aromatic heterocycles. The molecule has 1 fully saturated rings. The molecule has 120 valence electrons. The monoisotopic (exact) mass is 306 g/mol. The topological polar surface area (TPSA) is 81.9 Å². The van der Waals surface area contributed by atoms with Crippen LogP contribution in [0.1, 0.15) is 18.1 Å². The van der Waals surface area contributed by atoms with Crippen molar-refractivity contribution < 1.29 is 19.1 Å². The van der Waals surface area contributed by atoms with Crippen LogP contribution in [0.2, 0.25) is 0 Å². The summed E-state index contributed by atoms with van der Waals surface area (Å²) >= 11 is 0. The van der Waals surface area contributed by atoms with Crippen LogP contribution in [0.5, 0.6) is 0 Å². The molecule has 1 aromatic rings. The first-order valence-corrected chi connectivity index (χ1v) is 7.37. The fraction of sp³-hybridized carbons (Fsp3) is 0.500. The molecule has 0 spiro atoms. The molecular weight excluding hydrogens is 284 g/mol. The van der Waals surface area contributed by atoms with Gasteiger partial charge in [-0.2, -0.15) is 0 Å². The molecule has 1 aromatic carbocycles. The van der Waals surface area contributed by atoms with Crippen LogP contribution in [0.4, 0.5) is 0 Å². The third-order valence-corrected chi connectivity index (χ3v) is 3.86. The van der Waals surface area contributed by atoms with Crippen molar-refractivity contribution in [2.24, 2.45) is 11.7 Å². The van der Waals surface area contributed by atoms with Gasteiger partial charge in [-0.05, 0) is 12.0 Å². The number of rotatable bonds is 6. The summed E-state index contributed by atoms with van der Waals surface area (Å²) in [6.07, 6.45) is 0.660. The summed E-state index contributed by atoms with van der Waals surface area (Å²) in [7, 11) is 1.63. The fourth-order valence-corrected chi connectivity index (χ4v) is 2.78. The molecule has 0 saturated carbocycles. The number of amides is 2. The Balaban J connectivity index is 2.06. The summed E-state index contributed by atoms with van der Waals surface area (Å²) in [5, 5.41) is 0. The Kier molecular flexibility index (Phi) is 5.91. The molecule has 6 nitrogen and oxygen atoms in total. The fourth-order valence-electron chi connectivity index (χ4n) is 2.78. The van der Waals surface area contributed by atoms with Crippen LogP contribution in [0.15, 0.2) is 30.3 Å². The number of nitrogens with zero attached hydrogens (tertiary/aromatic N) is 1. The van der Waals surface area contributed by atoms with Crippen molar-refractivity contribution in [1.82, 2.24) is 4.90 Å². The van der Waals surface area contributed by atoms with Gasteiger partial charge < -0.3 is 20.1 Å². The van der Waals surface area contributed by atoms with Gasteiger partial charge in [0.15, 0.2) is 0 Å². The molecular formula is C16H22N2O4. The van der Waals surface area contributed by atoms with Crippen molar-refractivity contribution in [3.63, 3.8) is 0 Å². The predicted octanol–water partition coefficient (Wildman–Crippen LogP) is 0.725. The average molecular weight is 306 g/mol. The zero-order valence-corrected chi connectivity index (χ0v) is 12.7. The Morgan fingerprint density at radius 3 is 2.68 bits per heavy atom. The van der Waals surface area contributed by atoms with E-state index in [0.717, 1.165) is 12.0 Å². The summed E-state index contributed by atoms with van der Waals surface area (Å²) < 4.78 is 11.0. The van der Waals surface area contributed by atoms with Crippen LogP contribution in [0.3, 0.4) is 0 Å². The van der Waals surface area contributed by atoms with Crippen molar-refractivity contribution in [2.45, 2.75) is 12.5 Å². The van der Waals surface area contributed by atoms with Crippen molar-refractivity contribution >= 4 is 11.8 Å². The van der Waals surface area contributed by atoms with Gasteiger partial charge in [0.25, 0.3) is 0 Å². The number of carbonyl (C=O) groups is 2. The highest BCUT2D eigenvalue weighted by Crippen LogP contribution is 2.33. The minimum atomic E-state index is -0.905. The molecule has 0 unspecified atom stereocenters. The number of carbonyl (C=O) groups excluding carboxylic acids is 2. The molecule has 1 saturated heterocycles. The van der Waals surface area contributed by atoms with E-state index in [9.17, 15) is 9.59 Å². The van der Waals surface area contributed by atoms with Crippen LogP contribution in [-0.4, -0.2) is 50.1 Å². The highest BCUT2D eigenvalue weighted by Gasteiger charge is 2.34. The quantitative estimate of drug-likeness (QED) is 0.620.